The van der Waals surface area contributed by atoms with Crippen molar-refractivity contribution in [3.63, 3.8) is 0 Å². The van der Waals surface area contributed by atoms with Gasteiger partial charge in [0.25, 0.3) is 0 Å². The van der Waals surface area contributed by atoms with Gasteiger partial charge in [-0.1, -0.05) is 6.07 Å². The summed E-state index contributed by atoms with van der Waals surface area (Å²) >= 11 is 0. The van der Waals surface area contributed by atoms with Crippen LogP contribution in [0.3, 0.4) is 0 Å². The first-order valence-corrected chi connectivity index (χ1v) is 7.19. The Morgan fingerprint density at radius 2 is 2.10 bits per heavy atom. The van der Waals surface area contributed by atoms with E-state index >= 15 is 0 Å². The average Bonchev–Trinajstić information content (AvgIpc) is 2.47. The highest BCUT2D eigenvalue weighted by molar-refractivity contribution is 5.85. The van der Waals surface area contributed by atoms with Crippen molar-refractivity contribution in [1.82, 2.24) is 4.90 Å². The van der Waals surface area contributed by atoms with Crippen LogP contribution in [-0.4, -0.2) is 31.1 Å². The molecule has 1 aromatic carbocycles. The summed E-state index contributed by atoms with van der Waals surface area (Å²) < 4.78 is 5.26. The third-order valence-corrected chi connectivity index (χ3v) is 4.17. The molecule has 0 aromatic heterocycles. The molecule has 5 heteroatoms. The van der Waals surface area contributed by atoms with Crippen LogP contribution in [0.1, 0.15) is 30.9 Å². The molecule has 1 heterocycles. The number of nitrogens with two attached hydrogens (primary N) is 1. The maximum Gasteiger partial charge on any atom is 0.136 e. The number of halogens is 1. The van der Waals surface area contributed by atoms with Gasteiger partial charge in [0.2, 0.25) is 0 Å². The van der Waals surface area contributed by atoms with Gasteiger partial charge in [0.1, 0.15) is 11.8 Å². The Labute approximate surface area is 133 Å². The molecule has 1 aliphatic rings. The quantitative estimate of drug-likeness (QED) is 0.928. The second-order valence-corrected chi connectivity index (χ2v) is 5.62. The summed E-state index contributed by atoms with van der Waals surface area (Å²) in [5.74, 6) is 1.32. The van der Waals surface area contributed by atoms with Gasteiger partial charge in [0, 0.05) is 12.6 Å². The highest BCUT2D eigenvalue weighted by Gasteiger charge is 2.21. The maximum absolute atomic E-state index is 8.99. The number of ether oxygens (including phenoxy) is 1. The monoisotopic (exact) mass is 309 g/mol. The molecule has 1 aromatic rings. The average molecular weight is 310 g/mol. The van der Waals surface area contributed by atoms with Gasteiger partial charge in [-0.3, -0.25) is 4.90 Å². The molecule has 2 rings (SSSR count). The van der Waals surface area contributed by atoms with Crippen molar-refractivity contribution in [2.45, 2.75) is 32.4 Å². The van der Waals surface area contributed by atoms with E-state index in [0.717, 1.165) is 19.6 Å². The highest BCUT2D eigenvalue weighted by atomic mass is 35.5. The van der Waals surface area contributed by atoms with E-state index < -0.39 is 0 Å². The van der Waals surface area contributed by atoms with Crippen molar-refractivity contribution in [3.8, 4) is 11.8 Å². The van der Waals surface area contributed by atoms with Crippen LogP contribution < -0.4 is 10.5 Å². The van der Waals surface area contributed by atoms with Crippen molar-refractivity contribution in [2.24, 2.45) is 11.7 Å². The SMILES string of the molecule is COc1cc(CN2CCC(C(C)N)CC2)ccc1C#N.Cl. The van der Waals surface area contributed by atoms with Crippen LogP contribution in [0.2, 0.25) is 0 Å². The number of rotatable bonds is 4. The molecule has 0 amide bonds. The molecule has 1 saturated heterocycles. The minimum Gasteiger partial charge on any atom is -0.495 e. The van der Waals surface area contributed by atoms with E-state index in [2.05, 4.69) is 17.9 Å². The third kappa shape index (κ3) is 4.60. The van der Waals surface area contributed by atoms with Gasteiger partial charge in [-0.05, 0) is 56.5 Å². The van der Waals surface area contributed by atoms with Crippen molar-refractivity contribution in [1.29, 1.82) is 5.26 Å². The van der Waals surface area contributed by atoms with Gasteiger partial charge >= 0.3 is 0 Å². The zero-order chi connectivity index (χ0) is 14.5. The molecule has 4 nitrogen and oxygen atoms in total. The smallest absolute Gasteiger partial charge is 0.136 e. The fraction of sp³-hybridized carbons (Fsp3) is 0.562. The first kappa shape index (κ1) is 17.8. The number of nitriles is 1. The molecule has 2 N–H and O–H groups in total. The van der Waals surface area contributed by atoms with E-state index in [1.165, 1.54) is 18.4 Å². The normalized spacial score (nSPS) is 17.6. The van der Waals surface area contributed by atoms with Crippen LogP contribution in [0.15, 0.2) is 18.2 Å². The number of nitrogens with zero attached hydrogens (tertiary/aromatic N) is 2. The van der Waals surface area contributed by atoms with E-state index in [-0.39, 0.29) is 12.4 Å². The molecule has 0 saturated carbocycles. The first-order chi connectivity index (χ1) is 9.63. The van der Waals surface area contributed by atoms with E-state index in [1.807, 2.05) is 18.2 Å². The molecule has 0 aliphatic carbocycles. The van der Waals surface area contributed by atoms with Gasteiger partial charge in [-0.15, -0.1) is 12.4 Å². The topological polar surface area (TPSA) is 62.3 Å². The summed E-state index contributed by atoms with van der Waals surface area (Å²) in [6, 6.07) is 8.26. The summed E-state index contributed by atoms with van der Waals surface area (Å²) in [5, 5.41) is 8.99. The van der Waals surface area contributed by atoms with E-state index in [4.69, 9.17) is 15.7 Å². The number of hydrogen-bond donors (Lipinski definition) is 1. The van der Waals surface area contributed by atoms with Crippen LogP contribution in [0.4, 0.5) is 0 Å². The van der Waals surface area contributed by atoms with Crippen LogP contribution >= 0.6 is 12.4 Å². The summed E-state index contributed by atoms with van der Waals surface area (Å²) in [6.45, 7) is 5.20. The maximum atomic E-state index is 8.99. The molecular formula is C16H24ClN3O. The van der Waals surface area contributed by atoms with E-state index in [0.29, 0.717) is 23.3 Å². The fourth-order valence-electron chi connectivity index (χ4n) is 2.82. The number of likely N-dealkylation sites (tertiary alicyclic amines) is 1. The fourth-order valence-corrected chi connectivity index (χ4v) is 2.82. The van der Waals surface area contributed by atoms with Crippen molar-refractivity contribution in [3.05, 3.63) is 29.3 Å². The van der Waals surface area contributed by atoms with Gasteiger partial charge in [0.05, 0.1) is 12.7 Å². The molecular weight excluding hydrogens is 286 g/mol. The molecule has 1 aliphatic heterocycles. The lowest BCUT2D eigenvalue weighted by atomic mass is 9.91. The minimum absolute atomic E-state index is 0. The molecule has 1 unspecified atom stereocenters. The zero-order valence-electron chi connectivity index (χ0n) is 12.7. The molecule has 1 fully saturated rings. The van der Waals surface area contributed by atoms with Crippen molar-refractivity contribution >= 4 is 12.4 Å². The Morgan fingerprint density at radius 1 is 1.43 bits per heavy atom. The molecule has 21 heavy (non-hydrogen) atoms. The van der Waals surface area contributed by atoms with Gasteiger partial charge in [-0.25, -0.2) is 0 Å². The Balaban J connectivity index is 0.00000220. The van der Waals surface area contributed by atoms with Crippen LogP contribution in [0, 0.1) is 17.2 Å². The number of hydrogen-bond acceptors (Lipinski definition) is 4. The largest absolute Gasteiger partial charge is 0.495 e. The third-order valence-electron chi connectivity index (χ3n) is 4.17. The van der Waals surface area contributed by atoms with Crippen LogP contribution in [0.25, 0.3) is 0 Å². The Bertz CT molecular complexity index is 491. The summed E-state index contributed by atoms with van der Waals surface area (Å²) in [5.41, 5.74) is 7.75. The molecule has 0 radical (unpaired) electrons. The highest BCUT2D eigenvalue weighted by Crippen LogP contribution is 2.23. The van der Waals surface area contributed by atoms with E-state index in [1.54, 1.807) is 7.11 Å². The second-order valence-electron chi connectivity index (χ2n) is 5.62. The summed E-state index contributed by atoms with van der Waals surface area (Å²) in [7, 11) is 1.61. The molecule has 0 spiro atoms. The molecule has 0 bridgehead atoms. The van der Waals surface area contributed by atoms with Gasteiger partial charge in [-0.2, -0.15) is 5.26 Å². The van der Waals surface area contributed by atoms with Gasteiger partial charge in [0.15, 0.2) is 0 Å². The van der Waals surface area contributed by atoms with Crippen molar-refractivity contribution in [2.75, 3.05) is 20.2 Å². The molecule has 1 atom stereocenters. The summed E-state index contributed by atoms with van der Waals surface area (Å²) in [6.07, 6.45) is 2.34. The second kappa shape index (κ2) is 8.23. The standard InChI is InChI=1S/C16H23N3O.ClH/c1-12(18)14-5-7-19(8-6-14)11-13-3-4-15(10-17)16(9-13)20-2;/h3-4,9,12,14H,5-8,11,18H2,1-2H3;1H. The first-order valence-electron chi connectivity index (χ1n) is 7.19. The van der Waals surface area contributed by atoms with E-state index in [9.17, 15) is 0 Å². The predicted octanol–water partition coefficient (Wildman–Crippen LogP) is 2.55. The van der Waals surface area contributed by atoms with Crippen LogP contribution in [-0.2, 0) is 6.54 Å². The lowest BCUT2D eigenvalue weighted by molar-refractivity contribution is 0.165. The summed E-state index contributed by atoms with van der Waals surface area (Å²) in [4.78, 5) is 2.44. The molecule has 116 valence electrons. The predicted molar refractivity (Wildman–Crippen MR) is 86.6 cm³/mol. The zero-order valence-corrected chi connectivity index (χ0v) is 13.5. The van der Waals surface area contributed by atoms with Gasteiger partial charge < -0.3 is 10.5 Å². The Kier molecular flexibility index (Phi) is 6.97. The number of methoxy groups -OCH3 is 1. The number of benzene rings is 1. The lowest BCUT2D eigenvalue weighted by Crippen LogP contribution is -2.39. The Morgan fingerprint density at radius 3 is 2.62 bits per heavy atom. The van der Waals surface area contributed by atoms with Crippen LogP contribution in [0.5, 0.6) is 5.75 Å². The minimum atomic E-state index is 0. The van der Waals surface area contributed by atoms with Crippen molar-refractivity contribution < 1.29 is 4.74 Å². The Hall–Kier alpha value is -1.28. The number of piperidine rings is 1. The lowest BCUT2D eigenvalue weighted by Gasteiger charge is -2.33.